The summed E-state index contributed by atoms with van der Waals surface area (Å²) in [5.41, 5.74) is -1.34. The maximum absolute atomic E-state index is 13.0. The van der Waals surface area contributed by atoms with Crippen LogP contribution < -0.4 is 26.2 Å². The first-order valence-corrected chi connectivity index (χ1v) is 11.1. The molecule has 0 bridgehead atoms. The highest BCUT2D eigenvalue weighted by atomic mass is 16.4. The van der Waals surface area contributed by atoms with Crippen molar-refractivity contribution in [2.24, 2.45) is 5.41 Å². The second-order valence-electron chi connectivity index (χ2n) is 9.08. The Kier molecular flexibility index (Phi) is 7.72. The number of hydrogen-bond donors (Lipinski definition) is 3. The van der Waals surface area contributed by atoms with Crippen molar-refractivity contribution in [3.05, 3.63) is 89.0 Å². The third-order valence-electron chi connectivity index (χ3n) is 5.19. The van der Waals surface area contributed by atoms with Gasteiger partial charge >= 0.3 is 0 Å². The summed E-state index contributed by atoms with van der Waals surface area (Å²) in [5, 5.41) is 30.4. The van der Waals surface area contributed by atoms with Gasteiger partial charge in [0.15, 0.2) is 0 Å². The molecular weight excluding hydrogens is 478 g/mol. The Bertz CT molecular complexity index is 1320. The van der Waals surface area contributed by atoms with E-state index in [0.717, 1.165) is 0 Å². The van der Waals surface area contributed by atoms with Gasteiger partial charge in [-0.15, -0.1) is 0 Å². The Morgan fingerprint density at radius 1 is 0.622 bits per heavy atom. The van der Waals surface area contributed by atoms with Crippen LogP contribution in [-0.2, 0) is 4.79 Å². The predicted octanol–water partition coefficient (Wildman–Crippen LogP) is 1.90. The Morgan fingerprint density at radius 3 is 1.41 bits per heavy atom. The number of hydrogen-bond acceptors (Lipinski definition) is 7. The molecule has 0 aliphatic heterocycles. The fraction of sp³-hybridized carbons (Fsp3) is 0.148. The molecule has 3 aromatic rings. The van der Waals surface area contributed by atoms with Gasteiger partial charge in [0, 0.05) is 33.4 Å². The average molecular weight is 501 g/mol. The lowest BCUT2D eigenvalue weighted by Crippen LogP contribution is -2.28. The van der Waals surface area contributed by atoms with E-state index < -0.39 is 29.2 Å². The molecule has 0 radical (unpaired) electrons. The Morgan fingerprint density at radius 2 is 1.03 bits per heavy atom. The highest BCUT2D eigenvalue weighted by molar-refractivity contribution is 6.12. The number of para-hydroxylation sites is 2. The monoisotopic (exact) mass is 501 g/mol. The zero-order valence-electron chi connectivity index (χ0n) is 20.2. The number of amides is 3. The zero-order valence-corrected chi connectivity index (χ0v) is 20.2. The first kappa shape index (κ1) is 26.6. The summed E-state index contributed by atoms with van der Waals surface area (Å²) >= 11 is 0. The third-order valence-corrected chi connectivity index (χ3v) is 5.19. The van der Waals surface area contributed by atoms with Crippen molar-refractivity contribution in [1.29, 1.82) is 0 Å². The van der Waals surface area contributed by atoms with E-state index in [1.807, 2.05) is 0 Å². The maximum atomic E-state index is 13.0. The van der Waals surface area contributed by atoms with Crippen LogP contribution in [0, 0.1) is 5.41 Å². The largest absolute Gasteiger partial charge is 0.545 e. The van der Waals surface area contributed by atoms with Crippen molar-refractivity contribution in [1.82, 2.24) is 0 Å². The second-order valence-corrected chi connectivity index (χ2v) is 9.08. The molecule has 0 heterocycles. The van der Waals surface area contributed by atoms with Gasteiger partial charge in [-0.2, -0.15) is 0 Å². The average Bonchev–Trinajstić information content (AvgIpc) is 2.83. The van der Waals surface area contributed by atoms with Crippen LogP contribution in [0.25, 0.3) is 0 Å². The van der Waals surface area contributed by atoms with Crippen LogP contribution in [0.2, 0.25) is 0 Å². The number of carboxylic acid groups (broad SMARTS) is 2. The van der Waals surface area contributed by atoms with Crippen molar-refractivity contribution in [2.45, 2.75) is 20.8 Å². The number of carbonyl (C=O) groups is 5. The van der Waals surface area contributed by atoms with Gasteiger partial charge in [0.2, 0.25) is 5.91 Å². The van der Waals surface area contributed by atoms with E-state index >= 15 is 0 Å². The first-order chi connectivity index (χ1) is 17.4. The van der Waals surface area contributed by atoms with Crippen LogP contribution >= 0.6 is 0 Å². The quantitative estimate of drug-likeness (QED) is 0.444. The van der Waals surface area contributed by atoms with Crippen molar-refractivity contribution >= 4 is 46.7 Å². The van der Waals surface area contributed by atoms with E-state index in [0.29, 0.717) is 0 Å². The maximum Gasteiger partial charge on any atom is 0.255 e. The van der Waals surface area contributed by atoms with Gasteiger partial charge in [-0.25, -0.2) is 0 Å². The van der Waals surface area contributed by atoms with Gasteiger partial charge < -0.3 is 35.8 Å². The van der Waals surface area contributed by atoms with E-state index in [1.165, 1.54) is 66.7 Å². The second kappa shape index (κ2) is 10.7. The summed E-state index contributed by atoms with van der Waals surface area (Å²) in [5.74, 6) is -4.89. The van der Waals surface area contributed by atoms with Crippen molar-refractivity contribution in [3.63, 3.8) is 0 Å². The molecule has 10 heteroatoms. The molecule has 0 aliphatic carbocycles. The molecule has 0 aliphatic rings. The van der Waals surface area contributed by atoms with Gasteiger partial charge in [0.05, 0.1) is 23.3 Å². The molecule has 190 valence electrons. The van der Waals surface area contributed by atoms with Crippen LogP contribution in [0.3, 0.4) is 0 Å². The third kappa shape index (κ3) is 6.57. The molecule has 0 aromatic heterocycles. The fourth-order valence-corrected chi connectivity index (χ4v) is 3.21. The van der Waals surface area contributed by atoms with Crippen LogP contribution in [-0.4, -0.2) is 29.7 Å². The van der Waals surface area contributed by atoms with Crippen LogP contribution in [0.1, 0.15) is 62.2 Å². The number of carbonyl (C=O) groups excluding carboxylic acids is 5. The van der Waals surface area contributed by atoms with Gasteiger partial charge in [-0.05, 0) is 30.3 Å². The standard InChI is InChI=1S/C27H25N3O7/c1-27(2,3)26(37)28-17-13-15(22(31)29-20-10-6-4-8-18(20)24(33)34)12-16(14-17)23(32)30-21-11-7-5-9-19(21)25(35)36/h4-14H,1-3H3,(H,28,37)(H,29,31)(H,30,32)(H,33,34)(H,35,36)/p-2. The topological polar surface area (TPSA) is 168 Å². The molecule has 3 aromatic carbocycles. The summed E-state index contributed by atoms with van der Waals surface area (Å²) in [4.78, 5) is 61.4. The van der Waals surface area contributed by atoms with Gasteiger partial charge in [0.25, 0.3) is 11.8 Å². The molecule has 0 fully saturated rings. The minimum atomic E-state index is -1.49. The minimum absolute atomic E-state index is 0.0227. The lowest BCUT2D eigenvalue weighted by Gasteiger charge is -2.19. The molecule has 0 spiro atoms. The summed E-state index contributed by atoms with van der Waals surface area (Å²) in [7, 11) is 0. The van der Waals surface area contributed by atoms with Crippen LogP contribution in [0.4, 0.5) is 17.1 Å². The Hall–Kier alpha value is -4.99. The van der Waals surface area contributed by atoms with E-state index in [4.69, 9.17) is 0 Å². The lowest BCUT2D eigenvalue weighted by molar-refractivity contribution is -0.256. The smallest absolute Gasteiger partial charge is 0.255 e. The van der Waals surface area contributed by atoms with Gasteiger partial charge in [0.1, 0.15) is 0 Å². The van der Waals surface area contributed by atoms with E-state index in [1.54, 1.807) is 20.8 Å². The molecule has 10 nitrogen and oxygen atoms in total. The summed E-state index contributed by atoms with van der Waals surface area (Å²) < 4.78 is 0. The zero-order chi connectivity index (χ0) is 27.3. The fourth-order valence-electron chi connectivity index (χ4n) is 3.21. The summed E-state index contributed by atoms with van der Waals surface area (Å²) in [6.07, 6.45) is 0. The van der Waals surface area contributed by atoms with Crippen LogP contribution in [0.5, 0.6) is 0 Å². The van der Waals surface area contributed by atoms with Crippen molar-refractivity contribution < 1.29 is 34.2 Å². The normalized spacial score (nSPS) is 10.8. The Balaban J connectivity index is 2.00. The molecule has 3 rings (SSSR count). The van der Waals surface area contributed by atoms with Crippen LogP contribution in [0.15, 0.2) is 66.7 Å². The highest BCUT2D eigenvalue weighted by Crippen LogP contribution is 2.23. The van der Waals surface area contributed by atoms with Crippen molar-refractivity contribution in [3.8, 4) is 0 Å². The van der Waals surface area contributed by atoms with E-state index in [9.17, 15) is 34.2 Å². The number of nitrogens with one attached hydrogen (secondary N) is 3. The van der Waals surface area contributed by atoms with E-state index in [-0.39, 0.29) is 45.2 Å². The minimum Gasteiger partial charge on any atom is -0.545 e. The van der Waals surface area contributed by atoms with Gasteiger partial charge in [-0.3, -0.25) is 14.4 Å². The molecular formula is C27H23N3O7-2. The highest BCUT2D eigenvalue weighted by Gasteiger charge is 2.23. The number of carboxylic acids is 2. The molecule has 37 heavy (non-hydrogen) atoms. The molecule has 3 amide bonds. The number of rotatable bonds is 7. The SMILES string of the molecule is CC(C)(C)C(=O)Nc1cc(C(=O)Nc2ccccc2C(=O)[O-])cc(C(=O)Nc2ccccc2C(=O)[O-])c1. The van der Waals surface area contributed by atoms with Crippen molar-refractivity contribution in [2.75, 3.05) is 16.0 Å². The molecule has 3 N–H and O–H groups in total. The molecule has 0 atom stereocenters. The number of anilines is 3. The summed E-state index contributed by atoms with van der Waals surface area (Å²) in [6, 6.07) is 15.1. The molecule has 0 unspecified atom stereocenters. The lowest BCUT2D eigenvalue weighted by atomic mass is 9.95. The number of aromatic carboxylic acids is 2. The molecule has 0 saturated carbocycles. The van der Waals surface area contributed by atoms with E-state index in [2.05, 4.69) is 16.0 Å². The predicted molar refractivity (Wildman–Crippen MR) is 132 cm³/mol. The Labute approximate surface area is 212 Å². The summed E-state index contributed by atoms with van der Waals surface area (Å²) in [6.45, 7) is 5.04. The van der Waals surface area contributed by atoms with Gasteiger partial charge in [-0.1, -0.05) is 57.2 Å². The number of benzene rings is 3. The first-order valence-electron chi connectivity index (χ1n) is 11.1. The molecule has 0 saturated heterocycles.